The van der Waals surface area contributed by atoms with Gasteiger partial charge in [0.2, 0.25) is 0 Å². The maximum atomic E-state index is 9.75. The number of aromatic amines is 1. The van der Waals surface area contributed by atoms with E-state index in [1.54, 1.807) is 0 Å². The molecule has 2 aromatic rings. The van der Waals surface area contributed by atoms with Crippen LogP contribution in [-0.2, 0) is 0 Å². The summed E-state index contributed by atoms with van der Waals surface area (Å²) in [7, 11) is -6.00. The molecule has 0 fully saturated rings. The molecule has 0 atom stereocenters. The molecular weight excluding hydrogens is 197 g/mol. The predicted molar refractivity (Wildman–Crippen MR) is 47.3 cm³/mol. The Balaban J connectivity index is 0.000000171. The van der Waals surface area contributed by atoms with Gasteiger partial charge in [-0.15, -0.1) is 0 Å². The van der Waals surface area contributed by atoms with Gasteiger partial charge in [-0.1, -0.05) is 18.2 Å². The highest BCUT2D eigenvalue weighted by atomic mass is 19.5. The van der Waals surface area contributed by atoms with Crippen LogP contribution in [0.3, 0.4) is 0 Å². The predicted octanol–water partition coefficient (Wildman–Crippen LogP) is 3.27. The van der Waals surface area contributed by atoms with Crippen LogP contribution < -0.4 is 0 Å². The number of H-pyrrole nitrogens is 1. The van der Waals surface area contributed by atoms with Crippen molar-refractivity contribution in [2.75, 3.05) is 0 Å². The summed E-state index contributed by atoms with van der Waals surface area (Å²) in [5.74, 6) is 0. The van der Waals surface area contributed by atoms with Crippen molar-refractivity contribution in [2.45, 2.75) is 0 Å². The van der Waals surface area contributed by atoms with Crippen molar-refractivity contribution in [3.63, 3.8) is 0 Å². The lowest BCUT2D eigenvalue weighted by molar-refractivity contribution is 0.368. The molecule has 0 aliphatic heterocycles. The fourth-order valence-electron chi connectivity index (χ4n) is 0.928. The summed E-state index contributed by atoms with van der Waals surface area (Å²) >= 11 is 0. The van der Waals surface area contributed by atoms with Crippen LogP contribution in [0.5, 0.6) is 0 Å². The number of aromatic nitrogens is 1. The molecule has 0 unspecified atom stereocenters. The normalized spacial score (nSPS) is 10.9. The lowest BCUT2D eigenvalue weighted by Gasteiger charge is -1.94. The fourth-order valence-corrected chi connectivity index (χ4v) is 0.928. The minimum atomic E-state index is -6.00. The monoisotopic (exact) mass is 203 g/mol. The lowest BCUT2D eigenvalue weighted by atomic mass is 10.3. The van der Waals surface area contributed by atoms with Crippen LogP contribution in [0.15, 0.2) is 30.3 Å². The maximum Gasteiger partial charge on any atom is 0.673 e. The Bertz CT molecular complexity index is 359. The van der Waals surface area contributed by atoms with Gasteiger partial charge in [-0.3, -0.25) is 0 Å². The molecule has 1 aromatic carbocycles. The molecule has 0 bridgehead atoms. The molecule has 0 aliphatic rings. The van der Waals surface area contributed by atoms with Crippen molar-refractivity contribution >= 4 is 18.2 Å². The molecular formula is C8H6BF4N-. The van der Waals surface area contributed by atoms with Gasteiger partial charge in [0.25, 0.3) is 0 Å². The van der Waals surface area contributed by atoms with Crippen LogP contribution in [0.25, 0.3) is 10.9 Å². The van der Waals surface area contributed by atoms with E-state index in [0.717, 1.165) is 5.52 Å². The van der Waals surface area contributed by atoms with Gasteiger partial charge in [0.05, 0.1) is 6.20 Å². The Kier molecular flexibility index (Phi) is 3.16. The smallest absolute Gasteiger partial charge is 0.418 e. The van der Waals surface area contributed by atoms with Gasteiger partial charge in [-0.05, 0) is 12.1 Å². The van der Waals surface area contributed by atoms with Crippen molar-refractivity contribution in [1.82, 2.24) is 4.98 Å². The quantitative estimate of drug-likeness (QED) is 0.499. The molecule has 2 rings (SSSR count). The van der Waals surface area contributed by atoms with Crippen LogP contribution in [0, 0.1) is 6.20 Å². The first-order chi connectivity index (χ1) is 6.47. The maximum absolute atomic E-state index is 9.75. The van der Waals surface area contributed by atoms with Crippen LogP contribution >= 0.6 is 0 Å². The summed E-state index contributed by atoms with van der Waals surface area (Å²) in [5.41, 5.74) is 1.15. The standard InChI is InChI=1S/C8H6N.BF4/c1-2-4-8-7(3-1)5-6-9-8;2-1(3,4)5/h1-5,9H;/q;-1. The average molecular weight is 203 g/mol. The van der Waals surface area contributed by atoms with E-state index in [1.165, 1.54) is 5.39 Å². The third-order valence-corrected chi connectivity index (χ3v) is 1.40. The molecule has 75 valence electrons. The number of benzene rings is 1. The second-order valence-corrected chi connectivity index (χ2v) is 2.50. The molecule has 0 spiro atoms. The summed E-state index contributed by atoms with van der Waals surface area (Å²) in [6.07, 6.45) is 2.91. The first kappa shape index (κ1) is 10.6. The van der Waals surface area contributed by atoms with Crippen LogP contribution in [0.2, 0.25) is 0 Å². The molecule has 0 saturated heterocycles. The second kappa shape index (κ2) is 4.17. The SMILES string of the molecule is F[B-](F)(F)F.[c]1cc2ccccc2[nH]1. The van der Waals surface area contributed by atoms with Crippen molar-refractivity contribution in [1.29, 1.82) is 0 Å². The third kappa shape index (κ3) is 3.98. The van der Waals surface area contributed by atoms with Gasteiger partial charge in [0.15, 0.2) is 0 Å². The van der Waals surface area contributed by atoms with Crippen molar-refractivity contribution in [3.05, 3.63) is 36.5 Å². The molecule has 1 N–H and O–H groups in total. The molecule has 1 radical (unpaired) electrons. The Morgan fingerprint density at radius 1 is 1.07 bits per heavy atom. The van der Waals surface area contributed by atoms with E-state index in [-0.39, 0.29) is 0 Å². The number of fused-ring (bicyclic) bond motifs is 1. The Hall–Kier alpha value is -1.46. The Morgan fingerprint density at radius 2 is 1.64 bits per heavy atom. The van der Waals surface area contributed by atoms with Crippen LogP contribution in [-0.4, -0.2) is 12.2 Å². The first-order valence-corrected chi connectivity index (χ1v) is 3.78. The minimum absolute atomic E-state index is 1.15. The summed E-state index contributed by atoms with van der Waals surface area (Å²) < 4.78 is 39.0. The zero-order valence-corrected chi connectivity index (χ0v) is 6.98. The third-order valence-electron chi connectivity index (χ3n) is 1.40. The molecule has 6 heteroatoms. The Morgan fingerprint density at radius 3 is 2.21 bits per heavy atom. The van der Waals surface area contributed by atoms with E-state index in [1.807, 2.05) is 24.3 Å². The van der Waals surface area contributed by atoms with Crippen molar-refractivity contribution in [2.24, 2.45) is 0 Å². The highest BCUT2D eigenvalue weighted by molar-refractivity contribution is 6.50. The molecule has 0 amide bonds. The summed E-state index contributed by atoms with van der Waals surface area (Å²) in [4.78, 5) is 2.99. The van der Waals surface area contributed by atoms with E-state index < -0.39 is 7.25 Å². The zero-order chi connectivity index (χ0) is 10.6. The van der Waals surface area contributed by atoms with E-state index in [2.05, 4.69) is 17.2 Å². The number of rotatable bonds is 0. The van der Waals surface area contributed by atoms with Crippen molar-refractivity contribution < 1.29 is 17.3 Å². The zero-order valence-electron chi connectivity index (χ0n) is 6.98. The highest BCUT2D eigenvalue weighted by Crippen LogP contribution is 2.08. The van der Waals surface area contributed by atoms with Gasteiger partial charge in [-0.25, -0.2) is 0 Å². The largest absolute Gasteiger partial charge is 0.673 e. The van der Waals surface area contributed by atoms with E-state index in [4.69, 9.17) is 0 Å². The van der Waals surface area contributed by atoms with Crippen molar-refractivity contribution in [3.8, 4) is 0 Å². The summed E-state index contributed by atoms with van der Waals surface area (Å²) in [6.45, 7) is 0. The lowest BCUT2D eigenvalue weighted by Crippen LogP contribution is -2.02. The molecule has 1 heterocycles. The molecule has 14 heavy (non-hydrogen) atoms. The highest BCUT2D eigenvalue weighted by Gasteiger charge is 2.20. The van der Waals surface area contributed by atoms with E-state index in [0.29, 0.717) is 0 Å². The Labute approximate surface area is 77.8 Å². The molecule has 1 aromatic heterocycles. The van der Waals surface area contributed by atoms with Gasteiger partial charge in [0, 0.05) is 10.9 Å². The molecule has 0 saturated carbocycles. The first-order valence-electron chi connectivity index (χ1n) is 3.78. The second-order valence-electron chi connectivity index (χ2n) is 2.50. The number of hydrogen-bond acceptors (Lipinski definition) is 0. The van der Waals surface area contributed by atoms with Gasteiger partial charge in [-0.2, -0.15) is 0 Å². The minimum Gasteiger partial charge on any atom is -0.418 e. The molecule has 1 nitrogen and oxygen atoms in total. The average Bonchev–Trinajstić information content (AvgIpc) is 2.47. The summed E-state index contributed by atoms with van der Waals surface area (Å²) in [6, 6.07) is 10.1. The fraction of sp³-hybridized carbons (Fsp3) is 0. The van der Waals surface area contributed by atoms with E-state index in [9.17, 15) is 17.3 Å². The van der Waals surface area contributed by atoms with Gasteiger partial charge >= 0.3 is 7.25 Å². The topological polar surface area (TPSA) is 15.8 Å². The molecule has 0 aliphatic carbocycles. The number of nitrogens with one attached hydrogen (secondary N) is 1. The number of halogens is 4. The van der Waals surface area contributed by atoms with E-state index >= 15 is 0 Å². The summed E-state index contributed by atoms with van der Waals surface area (Å²) in [5, 5.41) is 1.22. The van der Waals surface area contributed by atoms with Crippen LogP contribution in [0.1, 0.15) is 0 Å². The van der Waals surface area contributed by atoms with Gasteiger partial charge in [0.1, 0.15) is 0 Å². The number of para-hydroxylation sites is 1. The van der Waals surface area contributed by atoms with Crippen LogP contribution in [0.4, 0.5) is 17.3 Å². The van der Waals surface area contributed by atoms with Gasteiger partial charge < -0.3 is 22.2 Å². The number of hydrogen-bond donors (Lipinski definition) is 1.